The number of aryl methyl sites for hydroxylation is 1. The Morgan fingerprint density at radius 2 is 2.08 bits per heavy atom. The molecule has 5 nitrogen and oxygen atoms in total. The molecule has 1 aromatic heterocycles. The molecular formula is C20H21NO4S. The number of thiophene rings is 1. The lowest BCUT2D eigenvalue weighted by molar-refractivity contribution is -0.139. The Labute approximate surface area is 156 Å². The molecular weight excluding hydrogens is 350 g/mol. The molecule has 6 heteroatoms. The third kappa shape index (κ3) is 3.01. The van der Waals surface area contributed by atoms with E-state index in [1.807, 2.05) is 37.4 Å². The van der Waals surface area contributed by atoms with Crippen molar-refractivity contribution >= 4 is 28.8 Å². The number of amides is 1. The average molecular weight is 371 g/mol. The van der Waals surface area contributed by atoms with Crippen LogP contribution in [-0.4, -0.2) is 35.4 Å². The number of aliphatic hydroxyl groups excluding tert-OH is 1. The number of rotatable bonds is 5. The summed E-state index contributed by atoms with van der Waals surface area (Å²) in [6.07, 6.45) is 0.725. The normalized spacial score (nSPS) is 19.2. The van der Waals surface area contributed by atoms with Gasteiger partial charge in [0.1, 0.15) is 11.5 Å². The van der Waals surface area contributed by atoms with Gasteiger partial charge in [-0.05, 0) is 36.9 Å². The van der Waals surface area contributed by atoms with E-state index < -0.39 is 17.7 Å². The van der Waals surface area contributed by atoms with Crippen LogP contribution in [0.2, 0.25) is 0 Å². The standard InChI is InChI=1S/C20H21NO4S/c1-4-9-21-17(15-6-5-10-26-15)16(19(23)20(21)24)18(22)13-11-12(2)7-8-14(13)25-3/h5-8,10-11,17,22H,4,9H2,1-3H3/b18-16-. The van der Waals surface area contributed by atoms with Crippen LogP contribution < -0.4 is 4.74 Å². The number of aliphatic hydroxyl groups is 1. The van der Waals surface area contributed by atoms with Gasteiger partial charge in [0.2, 0.25) is 0 Å². The van der Waals surface area contributed by atoms with E-state index in [4.69, 9.17) is 4.74 Å². The summed E-state index contributed by atoms with van der Waals surface area (Å²) in [6, 6.07) is 8.55. The topological polar surface area (TPSA) is 66.8 Å². The number of hydrogen-bond donors (Lipinski definition) is 1. The molecule has 136 valence electrons. The number of nitrogens with zero attached hydrogens (tertiary/aromatic N) is 1. The summed E-state index contributed by atoms with van der Waals surface area (Å²) in [7, 11) is 1.51. The molecule has 1 aliphatic heterocycles. The Kier molecular flexibility index (Phi) is 5.13. The van der Waals surface area contributed by atoms with Crippen LogP contribution in [0.4, 0.5) is 0 Å². The van der Waals surface area contributed by atoms with E-state index >= 15 is 0 Å². The highest BCUT2D eigenvalue weighted by atomic mass is 32.1. The fourth-order valence-electron chi connectivity index (χ4n) is 3.25. The fourth-order valence-corrected chi connectivity index (χ4v) is 4.09. The van der Waals surface area contributed by atoms with Gasteiger partial charge in [-0.3, -0.25) is 9.59 Å². The van der Waals surface area contributed by atoms with Crippen LogP contribution in [0.1, 0.15) is 35.4 Å². The Balaban J connectivity index is 2.22. The van der Waals surface area contributed by atoms with Gasteiger partial charge in [-0.2, -0.15) is 0 Å². The van der Waals surface area contributed by atoms with Crippen molar-refractivity contribution in [3.05, 3.63) is 57.3 Å². The average Bonchev–Trinajstić information content (AvgIpc) is 3.24. The lowest BCUT2D eigenvalue weighted by Gasteiger charge is -2.23. The molecule has 1 fully saturated rings. The van der Waals surface area contributed by atoms with Crippen LogP contribution in [0.25, 0.3) is 5.76 Å². The molecule has 26 heavy (non-hydrogen) atoms. The Morgan fingerprint density at radius 1 is 1.31 bits per heavy atom. The number of methoxy groups -OCH3 is 1. The first-order valence-electron chi connectivity index (χ1n) is 8.46. The second-order valence-electron chi connectivity index (χ2n) is 6.21. The van der Waals surface area contributed by atoms with E-state index in [1.165, 1.54) is 18.4 Å². The number of hydrogen-bond acceptors (Lipinski definition) is 5. The highest BCUT2D eigenvalue weighted by molar-refractivity contribution is 7.10. The number of ketones is 1. The molecule has 1 N–H and O–H groups in total. The van der Waals surface area contributed by atoms with Crippen LogP contribution in [0.3, 0.4) is 0 Å². The van der Waals surface area contributed by atoms with E-state index in [9.17, 15) is 14.7 Å². The summed E-state index contributed by atoms with van der Waals surface area (Å²) in [4.78, 5) is 27.7. The molecule has 1 aliphatic rings. The van der Waals surface area contributed by atoms with Crippen molar-refractivity contribution in [2.75, 3.05) is 13.7 Å². The summed E-state index contributed by atoms with van der Waals surface area (Å²) in [6.45, 7) is 4.30. The van der Waals surface area contributed by atoms with E-state index in [-0.39, 0.29) is 11.3 Å². The molecule has 0 saturated carbocycles. The molecule has 1 amide bonds. The van der Waals surface area contributed by atoms with Crippen LogP contribution in [-0.2, 0) is 9.59 Å². The van der Waals surface area contributed by atoms with Crippen molar-refractivity contribution in [2.45, 2.75) is 26.3 Å². The molecule has 3 rings (SSSR count). The van der Waals surface area contributed by atoms with Gasteiger partial charge in [0.25, 0.3) is 11.7 Å². The molecule has 0 spiro atoms. The summed E-state index contributed by atoms with van der Waals surface area (Å²) < 4.78 is 5.34. The van der Waals surface area contributed by atoms with E-state index in [2.05, 4.69) is 0 Å². The predicted molar refractivity (Wildman–Crippen MR) is 101 cm³/mol. The minimum absolute atomic E-state index is 0.120. The first kappa shape index (κ1) is 18.2. The van der Waals surface area contributed by atoms with Gasteiger partial charge < -0.3 is 14.7 Å². The monoisotopic (exact) mass is 371 g/mol. The Morgan fingerprint density at radius 3 is 2.69 bits per heavy atom. The van der Waals surface area contributed by atoms with Crippen molar-refractivity contribution in [2.24, 2.45) is 0 Å². The van der Waals surface area contributed by atoms with Gasteiger partial charge >= 0.3 is 0 Å². The minimum atomic E-state index is -0.655. The molecule has 1 unspecified atom stereocenters. The molecule has 0 radical (unpaired) electrons. The first-order chi connectivity index (χ1) is 12.5. The van der Waals surface area contributed by atoms with Gasteiger partial charge in [-0.1, -0.05) is 24.6 Å². The third-order valence-electron chi connectivity index (χ3n) is 4.43. The molecule has 2 heterocycles. The smallest absolute Gasteiger partial charge is 0.295 e. The number of carbonyl (C=O) groups excluding carboxylic acids is 2. The van der Waals surface area contributed by atoms with Gasteiger partial charge in [0.05, 0.1) is 24.3 Å². The van der Waals surface area contributed by atoms with Crippen molar-refractivity contribution < 1.29 is 19.4 Å². The quantitative estimate of drug-likeness (QED) is 0.492. The zero-order valence-corrected chi connectivity index (χ0v) is 15.8. The zero-order valence-electron chi connectivity index (χ0n) is 15.0. The second-order valence-corrected chi connectivity index (χ2v) is 7.19. The largest absolute Gasteiger partial charge is 0.507 e. The predicted octanol–water partition coefficient (Wildman–Crippen LogP) is 3.90. The molecule has 0 bridgehead atoms. The third-order valence-corrected chi connectivity index (χ3v) is 5.35. The highest BCUT2D eigenvalue weighted by Crippen LogP contribution is 2.42. The van der Waals surface area contributed by atoms with Gasteiger partial charge in [-0.25, -0.2) is 0 Å². The fraction of sp³-hybridized carbons (Fsp3) is 0.300. The number of carbonyl (C=O) groups is 2. The SMILES string of the molecule is CCCN1C(=O)C(=O)/C(=C(\O)c2cc(C)ccc2OC)C1c1cccs1. The second kappa shape index (κ2) is 7.33. The van der Waals surface area contributed by atoms with Crippen LogP contribution >= 0.6 is 11.3 Å². The summed E-state index contributed by atoms with van der Waals surface area (Å²) >= 11 is 1.46. The van der Waals surface area contributed by atoms with Crippen molar-refractivity contribution in [3.8, 4) is 5.75 Å². The first-order valence-corrected chi connectivity index (χ1v) is 9.34. The number of likely N-dealkylation sites (tertiary alicyclic amines) is 1. The van der Waals surface area contributed by atoms with Crippen LogP contribution in [0, 0.1) is 6.92 Å². The Hall–Kier alpha value is -2.60. The van der Waals surface area contributed by atoms with E-state index in [0.717, 1.165) is 16.9 Å². The number of Topliss-reactive ketones (excluding diaryl/α,β-unsaturated/α-hetero) is 1. The van der Waals surface area contributed by atoms with Gasteiger partial charge in [0, 0.05) is 11.4 Å². The maximum Gasteiger partial charge on any atom is 0.295 e. The summed E-state index contributed by atoms with van der Waals surface area (Å²) in [5.41, 5.74) is 1.46. The summed E-state index contributed by atoms with van der Waals surface area (Å²) in [5.74, 6) is -0.961. The molecule has 0 aliphatic carbocycles. The Bertz CT molecular complexity index is 870. The molecule has 1 aromatic carbocycles. The maximum atomic E-state index is 12.8. The van der Waals surface area contributed by atoms with Gasteiger partial charge in [-0.15, -0.1) is 11.3 Å². The lowest BCUT2D eigenvalue weighted by atomic mass is 9.98. The highest BCUT2D eigenvalue weighted by Gasteiger charge is 2.46. The van der Waals surface area contributed by atoms with Crippen molar-refractivity contribution in [3.63, 3.8) is 0 Å². The van der Waals surface area contributed by atoms with Gasteiger partial charge in [0.15, 0.2) is 0 Å². The minimum Gasteiger partial charge on any atom is -0.507 e. The molecule has 2 aromatic rings. The van der Waals surface area contributed by atoms with E-state index in [0.29, 0.717) is 17.9 Å². The molecule has 1 saturated heterocycles. The lowest BCUT2D eigenvalue weighted by Crippen LogP contribution is -2.30. The number of ether oxygens (including phenoxy) is 1. The van der Waals surface area contributed by atoms with E-state index in [1.54, 1.807) is 17.0 Å². The summed E-state index contributed by atoms with van der Waals surface area (Å²) in [5, 5.41) is 12.9. The van der Waals surface area contributed by atoms with Crippen molar-refractivity contribution in [1.29, 1.82) is 0 Å². The maximum absolute atomic E-state index is 12.8. The van der Waals surface area contributed by atoms with Crippen LogP contribution in [0.15, 0.2) is 41.3 Å². The zero-order chi connectivity index (χ0) is 18.8. The number of benzene rings is 1. The molecule has 1 atom stereocenters. The van der Waals surface area contributed by atoms with Crippen LogP contribution in [0.5, 0.6) is 5.75 Å². The van der Waals surface area contributed by atoms with Crippen molar-refractivity contribution in [1.82, 2.24) is 4.90 Å².